The fraction of sp³-hybridized carbons (Fsp3) is 0.500. The zero-order chi connectivity index (χ0) is 23.4. The predicted molar refractivity (Wildman–Crippen MR) is 124 cm³/mol. The van der Waals surface area contributed by atoms with Crippen LogP contribution in [0.5, 0.6) is 0 Å². The Morgan fingerprint density at radius 2 is 1.91 bits per heavy atom. The third-order valence-corrected chi connectivity index (χ3v) is 7.66. The van der Waals surface area contributed by atoms with Gasteiger partial charge < -0.3 is 19.3 Å². The second-order valence-electron chi connectivity index (χ2n) is 9.55. The van der Waals surface area contributed by atoms with Crippen molar-refractivity contribution in [3.05, 3.63) is 41.0 Å². The SMILES string of the molecule is O=C(c1nn2c(-c3cnco3)cc(C3CC3)cc2c1Cl)N1CCN([C@H]2CC[C@H](O)CC2)C(=O)C1. The number of fused-ring (bicyclic) bond motifs is 1. The van der Waals surface area contributed by atoms with E-state index in [0.29, 0.717) is 48.8 Å². The average Bonchev–Trinajstić information content (AvgIpc) is 3.45. The molecule has 0 aromatic carbocycles. The zero-order valence-electron chi connectivity index (χ0n) is 18.7. The summed E-state index contributed by atoms with van der Waals surface area (Å²) in [7, 11) is 0. The second kappa shape index (κ2) is 8.39. The van der Waals surface area contributed by atoms with Crippen LogP contribution in [0.4, 0.5) is 0 Å². The molecule has 2 aliphatic carbocycles. The zero-order valence-corrected chi connectivity index (χ0v) is 19.4. The first-order valence-electron chi connectivity index (χ1n) is 11.9. The smallest absolute Gasteiger partial charge is 0.276 e. The van der Waals surface area contributed by atoms with Crippen molar-refractivity contribution < 1.29 is 19.1 Å². The van der Waals surface area contributed by atoms with Crippen molar-refractivity contribution in [2.45, 2.75) is 56.6 Å². The van der Waals surface area contributed by atoms with Crippen LogP contribution in [0.15, 0.2) is 29.1 Å². The van der Waals surface area contributed by atoms with Gasteiger partial charge in [0.1, 0.15) is 12.2 Å². The normalized spacial score (nSPS) is 23.6. The summed E-state index contributed by atoms with van der Waals surface area (Å²) in [6.45, 7) is 0.909. The number of aliphatic hydroxyl groups excluding tert-OH is 1. The molecular formula is C24H26ClN5O4. The number of rotatable bonds is 4. The Kier molecular flexibility index (Phi) is 5.33. The summed E-state index contributed by atoms with van der Waals surface area (Å²) in [5.41, 5.74) is 2.61. The van der Waals surface area contributed by atoms with Crippen LogP contribution >= 0.6 is 11.6 Å². The van der Waals surface area contributed by atoms with Crippen molar-refractivity contribution in [2.24, 2.45) is 0 Å². The van der Waals surface area contributed by atoms with Crippen molar-refractivity contribution in [2.75, 3.05) is 19.6 Å². The van der Waals surface area contributed by atoms with Crippen molar-refractivity contribution in [1.29, 1.82) is 0 Å². The molecule has 1 saturated heterocycles. The van der Waals surface area contributed by atoms with Crippen LogP contribution in [0.2, 0.25) is 5.02 Å². The lowest BCUT2D eigenvalue weighted by molar-refractivity contribution is -0.138. The lowest BCUT2D eigenvalue weighted by Crippen LogP contribution is -2.56. The largest absolute Gasteiger partial charge is 0.442 e. The van der Waals surface area contributed by atoms with E-state index in [1.165, 1.54) is 11.3 Å². The fourth-order valence-corrected chi connectivity index (χ4v) is 5.46. The van der Waals surface area contributed by atoms with Gasteiger partial charge >= 0.3 is 0 Å². The van der Waals surface area contributed by atoms with Gasteiger partial charge in [-0.2, -0.15) is 5.10 Å². The van der Waals surface area contributed by atoms with Gasteiger partial charge in [0.15, 0.2) is 17.8 Å². The van der Waals surface area contributed by atoms with E-state index in [1.807, 2.05) is 17.0 Å². The van der Waals surface area contributed by atoms with Gasteiger partial charge in [0.2, 0.25) is 5.91 Å². The Labute approximate surface area is 201 Å². The Morgan fingerprint density at radius 3 is 2.59 bits per heavy atom. The third kappa shape index (κ3) is 3.76. The molecule has 3 fully saturated rings. The summed E-state index contributed by atoms with van der Waals surface area (Å²) in [4.78, 5) is 33.7. The maximum Gasteiger partial charge on any atom is 0.276 e. The lowest BCUT2D eigenvalue weighted by Gasteiger charge is -2.41. The van der Waals surface area contributed by atoms with Crippen LogP contribution in [0.3, 0.4) is 0 Å². The number of pyridine rings is 1. The summed E-state index contributed by atoms with van der Waals surface area (Å²) in [5, 5.41) is 14.6. The van der Waals surface area contributed by atoms with E-state index in [1.54, 1.807) is 10.7 Å². The molecule has 2 amide bonds. The van der Waals surface area contributed by atoms with Gasteiger partial charge in [0, 0.05) is 19.1 Å². The fourth-order valence-electron chi connectivity index (χ4n) is 5.21. The quantitative estimate of drug-likeness (QED) is 0.611. The highest BCUT2D eigenvalue weighted by atomic mass is 35.5. The molecule has 1 aliphatic heterocycles. The second-order valence-corrected chi connectivity index (χ2v) is 9.93. The predicted octanol–water partition coefficient (Wildman–Crippen LogP) is 3.11. The molecule has 6 rings (SSSR count). The van der Waals surface area contributed by atoms with Crippen LogP contribution in [-0.4, -0.2) is 73.1 Å². The molecule has 3 aromatic rings. The first kappa shape index (κ1) is 21.6. The molecule has 0 bridgehead atoms. The molecule has 0 radical (unpaired) electrons. The first-order chi connectivity index (χ1) is 16.5. The van der Waals surface area contributed by atoms with E-state index in [9.17, 15) is 14.7 Å². The van der Waals surface area contributed by atoms with Gasteiger partial charge in [-0.3, -0.25) is 9.59 Å². The summed E-state index contributed by atoms with van der Waals surface area (Å²) in [5.74, 6) is 0.604. The minimum absolute atomic E-state index is 0.00434. The van der Waals surface area contributed by atoms with Gasteiger partial charge in [-0.15, -0.1) is 0 Å². The topological polar surface area (TPSA) is 104 Å². The number of hydrogen-bond acceptors (Lipinski definition) is 6. The Morgan fingerprint density at radius 1 is 1.12 bits per heavy atom. The number of carbonyl (C=O) groups excluding carboxylic acids is 2. The molecule has 9 nitrogen and oxygen atoms in total. The molecule has 0 atom stereocenters. The van der Waals surface area contributed by atoms with Gasteiger partial charge in [-0.05, 0) is 62.1 Å². The summed E-state index contributed by atoms with van der Waals surface area (Å²) < 4.78 is 7.15. The highest BCUT2D eigenvalue weighted by Crippen LogP contribution is 2.42. The van der Waals surface area contributed by atoms with Crippen LogP contribution in [0.1, 0.15) is 60.5 Å². The van der Waals surface area contributed by atoms with Crippen molar-refractivity contribution >= 4 is 28.9 Å². The molecule has 10 heteroatoms. The van der Waals surface area contributed by atoms with Crippen molar-refractivity contribution in [3.63, 3.8) is 0 Å². The molecule has 4 heterocycles. The van der Waals surface area contributed by atoms with E-state index >= 15 is 0 Å². The number of nitrogens with zero attached hydrogens (tertiary/aromatic N) is 5. The highest BCUT2D eigenvalue weighted by molar-refractivity contribution is 6.37. The molecule has 1 N–H and O–H groups in total. The van der Waals surface area contributed by atoms with E-state index in [0.717, 1.165) is 31.2 Å². The van der Waals surface area contributed by atoms with Gasteiger partial charge in [-0.25, -0.2) is 9.50 Å². The molecule has 2 saturated carbocycles. The molecule has 34 heavy (non-hydrogen) atoms. The van der Waals surface area contributed by atoms with Crippen LogP contribution in [0.25, 0.3) is 17.0 Å². The van der Waals surface area contributed by atoms with Gasteiger partial charge in [0.05, 0.1) is 22.8 Å². The summed E-state index contributed by atoms with van der Waals surface area (Å²) in [6.07, 6.45) is 7.97. The molecule has 3 aliphatic rings. The van der Waals surface area contributed by atoms with E-state index < -0.39 is 0 Å². The number of halogens is 1. The number of oxazole rings is 1. The van der Waals surface area contributed by atoms with E-state index in [2.05, 4.69) is 10.1 Å². The number of hydrogen-bond donors (Lipinski definition) is 1. The number of aliphatic hydroxyl groups is 1. The van der Waals surface area contributed by atoms with Crippen LogP contribution in [-0.2, 0) is 4.79 Å². The maximum absolute atomic E-state index is 13.4. The maximum atomic E-state index is 13.4. The number of aromatic nitrogens is 3. The standard InChI is InChI=1S/C24H26ClN5O4/c25-22-19-10-15(14-1-2-14)9-18(20-11-26-13-34-20)30(19)27-23(22)24(33)28-7-8-29(21(32)12-28)16-3-5-17(31)6-4-16/h9-11,13-14,16-17,31H,1-8,12H2/t16-,17-. The molecule has 0 unspecified atom stereocenters. The summed E-state index contributed by atoms with van der Waals surface area (Å²) >= 11 is 6.71. The van der Waals surface area contributed by atoms with Gasteiger partial charge in [0.25, 0.3) is 5.91 Å². The average molecular weight is 484 g/mol. The first-order valence-corrected chi connectivity index (χ1v) is 12.2. The summed E-state index contributed by atoms with van der Waals surface area (Å²) in [6, 6.07) is 4.15. The number of carbonyl (C=O) groups is 2. The highest BCUT2D eigenvalue weighted by Gasteiger charge is 2.35. The monoisotopic (exact) mass is 483 g/mol. The van der Waals surface area contributed by atoms with Crippen LogP contribution in [0, 0.1) is 0 Å². The Hall–Kier alpha value is -2.91. The molecule has 178 valence electrons. The van der Waals surface area contributed by atoms with Gasteiger partial charge in [-0.1, -0.05) is 11.6 Å². The van der Waals surface area contributed by atoms with Crippen LogP contribution < -0.4 is 0 Å². The molecule has 0 spiro atoms. The Bertz CT molecular complexity index is 1240. The lowest BCUT2D eigenvalue weighted by atomic mass is 9.91. The minimum Gasteiger partial charge on any atom is -0.442 e. The number of amides is 2. The van der Waals surface area contributed by atoms with Crippen molar-refractivity contribution in [1.82, 2.24) is 24.4 Å². The molecule has 3 aromatic heterocycles. The van der Waals surface area contributed by atoms with E-state index in [4.69, 9.17) is 16.0 Å². The van der Waals surface area contributed by atoms with E-state index in [-0.39, 0.29) is 41.2 Å². The molecular weight excluding hydrogens is 458 g/mol. The third-order valence-electron chi connectivity index (χ3n) is 7.28. The number of piperazine rings is 1. The Balaban J connectivity index is 1.28. The minimum atomic E-state index is -0.350. The van der Waals surface area contributed by atoms with Crippen molar-refractivity contribution in [3.8, 4) is 11.5 Å².